The molecule has 1 amide bonds. The number of hydrogen-bond donors (Lipinski definition) is 1. The summed E-state index contributed by atoms with van der Waals surface area (Å²) in [5.74, 6) is 1.53. The lowest BCUT2D eigenvalue weighted by Gasteiger charge is -2.13. The Morgan fingerprint density at radius 3 is 2.55 bits per heavy atom. The highest BCUT2D eigenvalue weighted by atomic mass is 32.2. The molecule has 2 aromatic heterocycles. The zero-order chi connectivity index (χ0) is 23.2. The molecule has 0 aliphatic rings. The molecule has 0 aliphatic carbocycles. The summed E-state index contributed by atoms with van der Waals surface area (Å²) >= 11 is 1.62. The van der Waals surface area contributed by atoms with Crippen LogP contribution in [0.3, 0.4) is 0 Å². The maximum Gasteiger partial charge on any atom is 0.239 e. The zero-order valence-electron chi connectivity index (χ0n) is 19.5. The fourth-order valence-electron chi connectivity index (χ4n) is 4.11. The van der Waals surface area contributed by atoms with Gasteiger partial charge in [0.2, 0.25) is 5.91 Å². The van der Waals surface area contributed by atoms with Gasteiger partial charge in [-0.15, -0.1) is 10.2 Å². The highest BCUT2D eigenvalue weighted by molar-refractivity contribution is 7.98. The monoisotopic (exact) mass is 461 g/mol. The molecule has 4 rings (SSSR count). The first-order chi connectivity index (χ1) is 16.1. The minimum Gasteiger partial charge on any atom is -0.355 e. The van der Waals surface area contributed by atoms with Gasteiger partial charge in [-0.25, -0.2) is 0 Å². The number of carbonyl (C=O) groups excluding carboxylic acids is 1. The minimum atomic E-state index is 0.0157. The fourth-order valence-corrected chi connectivity index (χ4v) is 4.63. The molecule has 2 aromatic carbocycles. The Labute approximate surface area is 199 Å². The third-order valence-corrected chi connectivity index (χ3v) is 6.27. The molecule has 7 heteroatoms. The third kappa shape index (κ3) is 5.47. The Morgan fingerprint density at radius 2 is 1.79 bits per heavy atom. The van der Waals surface area contributed by atoms with Crippen LogP contribution in [0.25, 0.3) is 22.2 Å². The van der Waals surface area contributed by atoms with E-state index in [2.05, 4.69) is 68.8 Å². The molecular weight excluding hydrogens is 430 g/mol. The van der Waals surface area contributed by atoms with Crippen LogP contribution in [0.1, 0.15) is 26.1 Å². The summed E-state index contributed by atoms with van der Waals surface area (Å²) in [7, 11) is 0. The van der Waals surface area contributed by atoms with Gasteiger partial charge in [0, 0.05) is 36.1 Å². The summed E-state index contributed by atoms with van der Waals surface area (Å²) in [6.45, 7) is 6.21. The van der Waals surface area contributed by atoms with E-state index in [1.807, 2.05) is 36.6 Å². The highest BCUT2D eigenvalue weighted by Crippen LogP contribution is 2.28. The summed E-state index contributed by atoms with van der Waals surface area (Å²) in [6.07, 6.45) is 3.65. The van der Waals surface area contributed by atoms with Crippen LogP contribution >= 0.6 is 11.8 Å². The van der Waals surface area contributed by atoms with Crippen LogP contribution < -0.4 is 5.32 Å². The van der Waals surface area contributed by atoms with Gasteiger partial charge >= 0.3 is 0 Å². The predicted octanol–water partition coefficient (Wildman–Crippen LogP) is 5.03. The van der Waals surface area contributed by atoms with Crippen molar-refractivity contribution >= 4 is 28.6 Å². The molecule has 0 radical (unpaired) electrons. The van der Waals surface area contributed by atoms with Crippen LogP contribution in [0.15, 0.2) is 65.8 Å². The van der Waals surface area contributed by atoms with Gasteiger partial charge in [0.15, 0.2) is 5.16 Å². The van der Waals surface area contributed by atoms with Crippen molar-refractivity contribution in [3.05, 3.63) is 66.5 Å². The summed E-state index contributed by atoms with van der Waals surface area (Å²) < 4.78 is 4.30. The molecule has 2 heterocycles. The number of fused-ring (bicyclic) bond motifs is 1. The van der Waals surface area contributed by atoms with Gasteiger partial charge in [0.05, 0.1) is 0 Å². The standard InChI is InChI=1S/C26H31N5OS/c1-19(2)17-31-24(28-29-26(31)33-3)14-9-15-27-25(32)18-30-22-13-8-7-12-21(22)16-23(30)20-10-5-4-6-11-20/h4-8,10-13,16,19H,9,14-15,17-18H2,1-3H3,(H,27,32). The second-order valence-electron chi connectivity index (χ2n) is 8.60. The Balaban J connectivity index is 1.40. The van der Waals surface area contributed by atoms with Gasteiger partial charge < -0.3 is 14.5 Å². The SMILES string of the molecule is CSc1nnc(CCCNC(=O)Cn2c(-c3ccccc3)cc3ccccc32)n1CC(C)C. The van der Waals surface area contributed by atoms with E-state index < -0.39 is 0 Å². The molecule has 6 nitrogen and oxygen atoms in total. The molecule has 0 saturated carbocycles. The van der Waals surface area contributed by atoms with Gasteiger partial charge in [-0.2, -0.15) is 0 Å². The maximum absolute atomic E-state index is 12.8. The molecule has 0 fully saturated rings. The minimum absolute atomic E-state index is 0.0157. The summed E-state index contributed by atoms with van der Waals surface area (Å²) in [5.41, 5.74) is 3.23. The second kappa shape index (κ2) is 10.7. The average Bonchev–Trinajstić information content (AvgIpc) is 3.38. The first-order valence-corrected chi connectivity index (χ1v) is 12.7. The van der Waals surface area contributed by atoms with Crippen molar-refractivity contribution in [3.8, 4) is 11.3 Å². The molecular formula is C26H31N5OS. The summed E-state index contributed by atoms with van der Waals surface area (Å²) in [4.78, 5) is 12.8. The van der Waals surface area contributed by atoms with Crippen molar-refractivity contribution < 1.29 is 4.79 Å². The van der Waals surface area contributed by atoms with Crippen molar-refractivity contribution in [2.45, 2.75) is 44.9 Å². The van der Waals surface area contributed by atoms with E-state index in [0.29, 0.717) is 12.5 Å². The number of para-hydroxylation sites is 1. The Kier molecular flexibility index (Phi) is 7.50. The molecule has 0 spiro atoms. The Hall–Kier alpha value is -3.06. The van der Waals surface area contributed by atoms with E-state index in [0.717, 1.165) is 52.5 Å². The van der Waals surface area contributed by atoms with Gasteiger partial charge in [-0.1, -0.05) is 74.1 Å². The van der Waals surface area contributed by atoms with Gasteiger partial charge in [-0.05, 0) is 36.3 Å². The van der Waals surface area contributed by atoms with Crippen LogP contribution in [-0.2, 0) is 24.3 Å². The molecule has 0 atom stereocenters. The van der Waals surface area contributed by atoms with Gasteiger partial charge in [0.25, 0.3) is 0 Å². The number of nitrogens with one attached hydrogen (secondary N) is 1. The van der Waals surface area contributed by atoms with Crippen molar-refractivity contribution in [2.24, 2.45) is 5.92 Å². The lowest BCUT2D eigenvalue weighted by Crippen LogP contribution is -2.29. The third-order valence-electron chi connectivity index (χ3n) is 5.60. The lowest BCUT2D eigenvalue weighted by molar-refractivity contribution is -0.121. The maximum atomic E-state index is 12.8. The number of rotatable bonds is 10. The number of aryl methyl sites for hydroxylation is 1. The van der Waals surface area contributed by atoms with E-state index in [-0.39, 0.29) is 12.5 Å². The van der Waals surface area contributed by atoms with E-state index in [1.54, 1.807) is 11.8 Å². The first-order valence-electron chi connectivity index (χ1n) is 11.4. The number of nitrogens with zero attached hydrogens (tertiary/aromatic N) is 4. The number of benzene rings is 2. The highest BCUT2D eigenvalue weighted by Gasteiger charge is 2.15. The largest absolute Gasteiger partial charge is 0.355 e. The molecule has 33 heavy (non-hydrogen) atoms. The van der Waals surface area contributed by atoms with Crippen molar-refractivity contribution in [1.29, 1.82) is 0 Å². The van der Waals surface area contributed by atoms with Crippen LogP contribution in [0.2, 0.25) is 0 Å². The lowest BCUT2D eigenvalue weighted by atomic mass is 10.1. The van der Waals surface area contributed by atoms with Crippen molar-refractivity contribution in [3.63, 3.8) is 0 Å². The van der Waals surface area contributed by atoms with Gasteiger partial charge in [0.1, 0.15) is 12.4 Å². The van der Waals surface area contributed by atoms with Crippen molar-refractivity contribution in [1.82, 2.24) is 24.6 Å². The summed E-state index contributed by atoms with van der Waals surface area (Å²) in [5, 5.41) is 13.9. The van der Waals surface area contributed by atoms with E-state index in [9.17, 15) is 4.79 Å². The molecule has 172 valence electrons. The van der Waals surface area contributed by atoms with Crippen molar-refractivity contribution in [2.75, 3.05) is 12.8 Å². The number of amides is 1. The summed E-state index contributed by atoms with van der Waals surface area (Å²) in [6, 6.07) is 20.6. The molecule has 0 bridgehead atoms. The Bertz CT molecular complexity index is 1210. The van der Waals surface area contributed by atoms with E-state index in [1.165, 1.54) is 0 Å². The van der Waals surface area contributed by atoms with Gasteiger partial charge in [-0.3, -0.25) is 4.79 Å². The number of hydrogen-bond acceptors (Lipinski definition) is 4. The van der Waals surface area contributed by atoms with E-state index >= 15 is 0 Å². The number of aromatic nitrogens is 4. The van der Waals surface area contributed by atoms with Crippen LogP contribution in [0.5, 0.6) is 0 Å². The molecule has 0 saturated heterocycles. The number of carbonyl (C=O) groups is 1. The molecule has 0 unspecified atom stereocenters. The molecule has 4 aromatic rings. The average molecular weight is 462 g/mol. The topological polar surface area (TPSA) is 64.7 Å². The zero-order valence-corrected chi connectivity index (χ0v) is 20.3. The van der Waals surface area contributed by atoms with E-state index in [4.69, 9.17) is 0 Å². The van der Waals surface area contributed by atoms with Crippen LogP contribution in [-0.4, -0.2) is 38.0 Å². The predicted molar refractivity (Wildman–Crippen MR) is 135 cm³/mol. The van der Waals surface area contributed by atoms with Crippen LogP contribution in [0, 0.1) is 5.92 Å². The fraction of sp³-hybridized carbons (Fsp3) is 0.346. The Morgan fingerprint density at radius 1 is 1.03 bits per heavy atom. The molecule has 1 N–H and O–H groups in total. The number of thioether (sulfide) groups is 1. The van der Waals surface area contributed by atoms with Crippen LogP contribution in [0.4, 0.5) is 0 Å². The smallest absolute Gasteiger partial charge is 0.239 e. The first kappa shape index (κ1) is 23.1. The second-order valence-corrected chi connectivity index (χ2v) is 9.37. The normalized spacial score (nSPS) is 11.4. The quantitative estimate of drug-likeness (QED) is 0.266. The molecule has 0 aliphatic heterocycles.